The molecule has 1 rings (SSSR count). The number of hydrogen-bond acceptors (Lipinski definition) is 5. The first-order chi connectivity index (χ1) is 8.76. The minimum Gasteiger partial charge on any atom is -0.374 e. The van der Waals surface area contributed by atoms with Crippen molar-refractivity contribution in [3.05, 3.63) is 0 Å². The average molecular weight is 278 g/mol. The van der Waals surface area contributed by atoms with Crippen molar-refractivity contribution < 1.29 is 22.8 Å². The van der Waals surface area contributed by atoms with Crippen LogP contribution in [0.15, 0.2) is 0 Å². The van der Waals surface area contributed by atoms with Gasteiger partial charge in [-0.3, -0.25) is 0 Å². The van der Waals surface area contributed by atoms with Crippen LogP contribution in [0.25, 0.3) is 0 Å². The van der Waals surface area contributed by atoms with Gasteiger partial charge in [-0.1, -0.05) is 0 Å². The zero-order chi connectivity index (χ0) is 13.3. The fourth-order valence-corrected chi connectivity index (χ4v) is 4.59. The highest BCUT2D eigenvalue weighted by molar-refractivity contribution is 6.60. The lowest BCUT2D eigenvalue weighted by molar-refractivity contribution is -0.180. The van der Waals surface area contributed by atoms with Crippen LogP contribution in [-0.4, -0.2) is 48.1 Å². The molecule has 0 atom stereocenters. The summed E-state index contributed by atoms with van der Waals surface area (Å²) in [5, 5.41) is 0. The molecule has 6 heteroatoms. The third-order valence-electron chi connectivity index (χ3n) is 2.68. The predicted octanol–water partition coefficient (Wildman–Crippen LogP) is 2.19. The quantitative estimate of drug-likeness (QED) is 0.605. The van der Waals surface area contributed by atoms with Crippen molar-refractivity contribution in [2.75, 3.05) is 33.0 Å². The highest BCUT2D eigenvalue weighted by Gasteiger charge is 2.41. The summed E-state index contributed by atoms with van der Waals surface area (Å²) in [5.41, 5.74) is 0. The molecule has 1 aliphatic rings. The summed E-state index contributed by atoms with van der Waals surface area (Å²) >= 11 is 0. The SMILES string of the molecule is CCO[Si](CCC1OCCCO1)(OCC)OCC. The number of hydrogen-bond donors (Lipinski definition) is 0. The first-order valence-electron chi connectivity index (χ1n) is 6.91. The molecule has 1 fully saturated rings. The first kappa shape index (κ1) is 16.1. The zero-order valence-corrected chi connectivity index (χ0v) is 12.8. The van der Waals surface area contributed by atoms with Gasteiger partial charge in [-0.25, -0.2) is 0 Å². The standard InChI is InChI=1S/C12H26O5Si/c1-4-15-18(16-5-2,17-6-3)11-8-12-13-9-7-10-14-12/h12H,4-11H2,1-3H3. The van der Waals surface area contributed by atoms with Gasteiger partial charge in [-0.2, -0.15) is 0 Å². The van der Waals surface area contributed by atoms with E-state index in [1.54, 1.807) is 0 Å². The molecular formula is C12H26O5Si. The summed E-state index contributed by atoms with van der Waals surface area (Å²) in [6.45, 7) is 9.28. The summed E-state index contributed by atoms with van der Waals surface area (Å²) in [7, 11) is -2.54. The van der Waals surface area contributed by atoms with Crippen LogP contribution in [0.2, 0.25) is 6.04 Å². The minimum absolute atomic E-state index is 0.132. The Morgan fingerprint density at radius 1 is 0.944 bits per heavy atom. The van der Waals surface area contributed by atoms with Crippen LogP contribution in [0, 0.1) is 0 Å². The van der Waals surface area contributed by atoms with Crippen LogP contribution < -0.4 is 0 Å². The monoisotopic (exact) mass is 278 g/mol. The Morgan fingerprint density at radius 3 is 1.89 bits per heavy atom. The number of rotatable bonds is 9. The molecule has 0 unspecified atom stereocenters. The fraction of sp³-hybridized carbons (Fsp3) is 1.00. The smallest absolute Gasteiger partial charge is 0.374 e. The highest BCUT2D eigenvalue weighted by atomic mass is 28.4. The van der Waals surface area contributed by atoms with E-state index in [2.05, 4.69) is 0 Å². The fourth-order valence-electron chi connectivity index (χ4n) is 2.00. The first-order valence-corrected chi connectivity index (χ1v) is 8.84. The van der Waals surface area contributed by atoms with Gasteiger partial charge in [0.05, 0.1) is 13.2 Å². The number of ether oxygens (including phenoxy) is 2. The Bertz CT molecular complexity index is 192. The van der Waals surface area contributed by atoms with E-state index in [-0.39, 0.29) is 6.29 Å². The summed E-state index contributed by atoms with van der Waals surface area (Å²) in [6, 6.07) is 0.743. The second kappa shape index (κ2) is 9.01. The van der Waals surface area contributed by atoms with Crippen LogP contribution in [0.5, 0.6) is 0 Å². The summed E-state index contributed by atoms with van der Waals surface area (Å²) < 4.78 is 28.4. The Morgan fingerprint density at radius 2 is 1.44 bits per heavy atom. The van der Waals surface area contributed by atoms with Gasteiger partial charge in [0.15, 0.2) is 6.29 Å². The largest absolute Gasteiger partial charge is 0.501 e. The molecule has 108 valence electrons. The van der Waals surface area contributed by atoms with Gasteiger partial charge >= 0.3 is 8.80 Å². The molecule has 0 aromatic heterocycles. The average Bonchev–Trinajstić information content (AvgIpc) is 2.39. The van der Waals surface area contributed by atoms with Gasteiger partial charge in [0, 0.05) is 32.3 Å². The molecule has 1 aliphatic heterocycles. The molecule has 0 aromatic rings. The van der Waals surface area contributed by atoms with Gasteiger partial charge in [0.1, 0.15) is 0 Å². The van der Waals surface area contributed by atoms with Crippen molar-refractivity contribution in [3.8, 4) is 0 Å². The lowest BCUT2D eigenvalue weighted by Crippen LogP contribution is -2.46. The van der Waals surface area contributed by atoms with Gasteiger partial charge in [-0.05, 0) is 27.2 Å². The van der Waals surface area contributed by atoms with E-state index in [0.717, 1.165) is 32.1 Å². The normalized spacial score (nSPS) is 18.2. The molecule has 18 heavy (non-hydrogen) atoms. The van der Waals surface area contributed by atoms with E-state index in [0.29, 0.717) is 19.8 Å². The van der Waals surface area contributed by atoms with Crippen molar-refractivity contribution in [1.82, 2.24) is 0 Å². The van der Waals surface area contributed by atoms with Gasteiger partial charge in [-0.15, -0.1) is 0 Å². The van der Waals surface area contributed by atoms with Crippen molar-refractivity contribution in [2.24, 2.45) is 0 Å². The topological polar surface area (TPSA) is 46.2 Å². The van der Waals surface area contributed by atoms with Crippen molar-refractivity contribution in [2.45, 2.75) is 45.9 Å². The summed E-state index contributed by atoms with van der Waals surface area (Å²) in [5.74, 6) is 0. The Labute approximate surface area is 111 Å². The van der Waals surface area contributed by atoms with Crippen LogP contribution >= 0.6 is 0 Å². The Kier molecular flexibility index (Phi) is 8.04. The van der Waals surface area contributed by atoms with Crippen molar-refractivity contribution in [3.63, 3.8) is 0 Å². The molecule has 0 bridgehead atoms. The minimum atomic E-state index is -2.54. The van der Waals surface area contributed by atoms with E-state index in [9.17, 15) is 0 Å². The van der Waals surface area contributed by atoms with E-state index in [4.69, 9.17) is 22.8 Å². The second-order valence-electron chi connectivity index (χ2n) is 4.05. The van der Waals surface area contributed by atoms with Gasteiger partial charge in [0.2, 0.25) is 0 Å². The van der Waals surface area contributed by atoms with Crippen LogP contribution in [0.4, 0.5) is 0 Å². The van der Waals surface area contributed by atoms with Crippen molar-refractivity contribution >= 4 is 8.80 Å². The highest BCUT2D eigenvalue weighted by Crippen LogP contribution is 2.21. The molecule has 0 aromatic carbocycles. The van der Waals surface area contributed by atoms with Gasteiger partial charge < -0.3 is 22.8 Å². The molecule has 5 nitrogen and oxygen atoms in total. The van der Waals surface area contributed by atoms with E-state index in [1.165, 1.54) is 0 Å². The molecule has 0 amide bonds. The van der Waals surface area contributed by atoms with Crippen LogP contribution in [0.3, 0.4) is 0 Å². The molecule has 0 N–H and O–H groups in total. The molecule has 0 spiro atoms. The lowest BCUT2D eigenvalue weighted by atomic mass is 10.4. The summed E-state index contributed by atoms with van der Waals surface area (Å²) in [4.78, 5) is 0. The molecule has 1 saturated heterocycles. The van der Waals surface area contributed by atoms with E-state index < -0.39 is 8.80 Å². The van der Waals surface area contributed by atoms with Crippen LogP contribution in [-0.2, 0) is 22.8 Å². The zero-order valence-electron chi connectivity index (χ0n) is 11.8. The van der Waals surface area contributed by atoms with E-state index in [1.807, 2.05) is 20.8 Å². The maximum Gasteiger partial charge on any atom is 0.501 e. The second-order valence-corrected chi connectivity index (χ2v) is 6.78. The molecule has 0 radical (unpaired) electrons. The maximum atomic E-state index is 5.78. The molecule has 1 heterocycles. The summed E-state index contributed by atoms with van der Waals surface area (Å²) in [6.07, 6.45) is 1.61. The Balaban J connectivity index is 2.46. The molecule has 0 aliphatic carbocycles. The molecular weight excluding hydrogens is 252 g/mol. The van der Waals surface area contributed by atoms with Crippen molar-refractivity contribution in [1.29, 1.82) is 0 Å². The third-order valence-corrected chi connectivity index (χ3v) is 5.76. The maximum absolute atomic E-state index is 5.78. The van der Waals surface area contributed by atoms with Gasteiger partial charge in [0.25, 0.3) is 0 Å². The molecule has 0 saturated carbocycles. The van der Waals surface area contributed by atoms with Crippen LogP contribution in [0.1, 0.15) is 33.6 Å². The third kappa shape index (κ3) is 5.34. The Hall–Kier alpha value is 0.0169. The predicted molar refractivity (Wildman–Crippen MR) is 70.4 cm³/mol. The lowest BCUT2D eigenvalue weighted by Gasteiger charge is -2.30. The van der Waals surface area contributed by atoms with E-state index >= 15 is 0 Å².